The summed E-state index contributed by atoms with van der Waals surface area (Å²) in [5.74, 6) is -2.08. The molecule has 0 fully saturated rings. The van der Waals surface area contributed by atoms with E-state index in [0.717, 1.165) is 5.56 Å². The van der Waals surface area contributed by atoms with Crippen molar-refractivity contribution < 1.29 is 14.7 Å². The van der Waals surface area contributed by atoms with Gasteiger partial charge in [-0.3, -0.25) is 9.59 Å². The van der Waals surface area contributed by atoms with Crippen LogP contribution in [-0.4, -0.2) is 17.0 Å². The molecule has 1 atom stereocenters. The Labute approximate surface area is 123 Å². The molecule has 1 unspecified atom stereocenters. The Kier molecular flexibility index (Phi) is 5.10. The van der Waals surface area contributed by atoms with Gasteiger partial charge in [-0.05, 0) is 11.1 Å². The lowest BCUT2D eigenvalue weighted by Gasteiger charge is -2.12. The standard InChI is InChI=1S/C17H17NO3/c19-16(18-12-13-7-3-1-4-8-13)11-15(17(20)21)14-9-5-2-6-10-14/h1-10,15H,11-12H2,(H,18,19)(H,20,21). The molecular weight excluding hydrogens is 266 g/mol. The SMILES string of the molecule is O=C(CC(C(=O)O)c1ccccc1)NCc1ccccc1. The van der Waals surface area contributed by atoms with Gasteiger partial charge in [0.05, 0.1) is 5.92 Å². The van der Waals surface area contributed by atoms with Crippen molar-refractivity contribution in [2.24, 2.45) is 0 Å². The molecule has 108 valence electrons. The molecule has 0 saturated carbocycles. The van der Waals surface area contributed by atoms with E-state index in [-0.39, 0.29) is 12.3 Å². The molecule has 0 aliphatic carbocycles. The maximum absolute atomic E-state index is 11.9. The van der Waals surface area contributed by atoms with Crippen LogP contribution in [0.25, 0.3) is 0 Å². The molecule has 2 rings (SSSR count). The summed E-state index contributed by atoms with van der Waals surface area (Å²) in [6.07, 6.45) is -0.0633. The van der Waals surface area contributed by atoms with Crippen molar-refractivity contribution in [1.29, 1.82) is 0 Å². The quantitative estimate of drug-likeness (QED) is 0.856. The number of carboxylic acid groups (broad SMARTS) is 1. The predicted octanol–water partition coefficient (Wildman–Crippen LogP) is 2.56. The van der Waals surface area contributed by atoms with E-state index in [9.17, 15) is 14.7 Å². The molecule has 21 heavy (non-hydrogen) atoms. The largest absolute Gasteiger partial charge is 0.481 e. The van der Waals surface area contributed by atoms with Crippen LogP contribution in [0.3, 0.4) is 0 Å². The number of carbonyl (C=O) groups is 2. The number of rotatable bonds is 6. The van der Waals surface area contributed by atoms with E-state index in [1.165, 1.54) is 0 Å². The minimum absolute atomic E-state index is 0.0633. The molecular formula is C17H17NO3. The van der Waals surface area contributed by atoms with Gasteiger partial charge in [-0.1, -0.05) is 60.7 Å². The molecule has 0 bridgehead atoms. The molecule has 1 amide bonds. The van der Waals surface area contributed by atoms with Gasteiger partial charge in [0.15, 0.2) is 0 Å². The van der Waals surface area contributed by atoms with Gasteiger partial charge in [0, 0.05) is 13.0 Å². The van der Waals surface area contributed by atoms with Crippen molar-refractivity contribution in [3.05, 3.63) is 71.8 Å². The van der Waals surface area contributed by atoms with Crippen LogP contribution in [0.5, 0.6) is 0 Å². The topological polar surface area (TPSA) is 66.4 Å². The van der Waals surface area contributed by atoms with Crippen LogP contribution >= 0.6 is 0 Å². The number of nitrogens with one attached hydrogen (secondary N) is 1. The van der Waals surface area contributed by atoms with Crippen molar-refractivity contribution in [3.63, 3.8) is 0 Å². The number of amides is 1. The summed E-state index contributed by atoms with van der Waals surface area (Å²) in [6, 6.07) is 18.3. The zero-order valence-corrected chi connectivity index (χ0v) is 11.5. The Hall–Kier alpha value is -2.62. The highest BCUT2D eigenvalue weighted by molar-refractivity contribution is 5.85. The molecule has 0 radical (unpaired) electrons. The van der Waals surface area contributed by atoms with Gasteiger partial charge in [-0.15, -0.1) is 0 Å². The monoisotopic (exact) mass is 283 g/mol. The highest BCUT2D eigenvalue weighted by Gasteiger charge is 2.22. The number of aliphatic carboxylic acids is 1. The number of hydrogen-bond acceptors (Lipinski definition) is 2. The number of benzene rings is 2. The molecule has 2 aromatic carbocycles. The molecule has 2 aromatic rings. The maximum Gasteiger partial charge on any atom is 0.311 e. The first kappa shape index (κ1) is 14.8. The molecule has 4 nitrogen and oxygen atoms in total. The van der Waals surface area contributed by atoms with E-state index in [2.05, 4.69) is 5.32 Å². The fourth-order valence-electron chi connectivity index (χ4n) is 2.09. The van der Waals surface area contributed by atoms with E-state index in [4.69, 9.17) is 0 Å². The van der Waals surface area contributed by atoms with E-state index in [1.54, 1.807) is 24.3 Å². The Morgan fingerprint density at radius 1 is 0.952 bits per heavy atom. The number of carboxylic acids is 1. The Balaban J connectivity index is 1.95. The normalized spacial score (nSPS) is 11.6. The average Bonchev–Trinajstić information content (AvgIpc) is 2.52. The summed E-state index contributed by atoms with van der Waals surface area (Å²) in [5.41, 5.74) is 1.62. The molecule has 0 aliphatic rings. The van der Waals surface area contributed by atoms with Crippen LogP contribution in [0.4, 0.5) is 0 Å². The minimum Gasteiger partial charge on any atom is -0.481 e. The highest BCUT2D eigenvalue weighted by Crippen LogP contribution is 2.19. The molecule has 2 N–H and O–H groups in total. The fourth-order valence-corrected chi connectivity index (χ4v) is 2.09. The van der Waals surface area contributed by atoms with Gasteiger partial charge in [0.1, 0.15) is 0 Å². The third-order valence-corrected chi connectivity index (χ3v) is 3.22. The van der Waals surface area contributed by atoms with E-state index in [0.29, 0.717) is 12.1 Å². The smallest absolute Gasteiger partial charge is 0.311 e. The van der Waals surface area contributed by atoms with Gasteiger partial charge in [-0.2, -0.15) is 0 Å². The fraction of sp³-hybridized carbons (Fsp3) is 0.176. The lowest BCUT2D eigenvalue weighted by Crippen LogP contribution is -2.27. The first-order valence-corrected chi connectivity index (χ1v) is 6.75. The van der Waals surface area contributed by atoms with Crippen molar-refractivity contribution in [3.8, 4) is 0 Å². The van der Waals surface area contributed by atoms with Crippen LogP contribution in [0.1, 0.15) is 23.5 Å². The molecule has 0 heterocycles. The summed E-state index contributed by atoms with van der Waals surface area (Å²) in [5, 5.41) is 12.0. The van der Waals surface area contributed by atoms with Crippen molar-refractivity contribution in [2.75, 3.05) is 0 Å². The van der Waals surface area contributed by atoms with E-state index >= 15 is 0 Å². The number of carbonyl (C=O) groups excluding carboxylic acids is 1. The minimum atomic E-state index is -0.990. The van der Waals surface area contributed by atoms with Gasteiger partial charge < -0.3 is 10.4 Å². The first-order valence-electron chi connectivity index (χ1n) is 6.75. The highest BCUT2D eigenvalue weighted by atomic mass is 16.4. The molecule has 0 saturated heterocycles. The number of hydrogen-bond donors (Lipinski definition) is 2. The lowest BCUT2D eigenvalue weighted by molar-refractivity contribution is -0.140. The third-order valence-electron chi connectivity index (χ3n) is 3.22. The molecule has 0 aliphatic heterocycles. The summed E-state index contributed by atoms with van der Waals surface area (Å²) >= 11 is 0. The Morgan fingerprint density at radius 2 is 1.52 bits per heavy atom. The average molecular weight is 283 g/mol. The van der Waals surface area contributed by atoms with Crippen LogP contribution in [-0.2, 0) is 16.1 Å². The Bertz CT molecular complexity index is 596. The zero-order valence-electron chi connectivity index (χ0n) is 11.5. The maximum atomic E-state index is 11.9. The van der Waals surface area contributed by atoms with Crippen LogP contribution in [0.2, 0.25) is 0 Å². The van der Waals surface area contributed by atoms with E-state index in [1.807, 2.05) is 36.4 Å². The second-order valence-corrected chi connectivity index (χ2v) is 4.77. The van der Waals surface area contributed by atoms with Gasteiger partial charge in [0.2, 0.25) is 5.91 Å². The zero-order chi connectivity index (χ0) is 15.1. The van der Waals surface area contributed by atoms with Gasteiger partial charge in [0.25, 0.3) is 0 Å². The summed E-state index contributed by atoms with van der Waals surface area (Å²) in [6.45, 7) is 0.404. The first-order chi connectivity index (χ1) is 10.2. The summed E-state index contributed by atoms with van der Waals surface area (Å²) in [7, 11) is 0. The summed E-state index contributed by atoms with van der Waals surface area (Å²) in [4.78, 5) is 23.3. The van der Waals surface area contributed by atoms with Crippen LogP contribution in [0, 0.1) is 0 Å². The predicted molar refractivity (Wildman–Crippen MR) is 79.7 cm³/mol. The Morgan fingerprint density at radius 3 is 2.10 bits per heavy atom. The third kappa shape index (κ3) is 4.45. The van der Waals surface area contributed by atoms with Crippen molar-refractivity contribution >= 4 is 11.9 Å². The van der Waals surface area contributed by atoms with Crippen molar-refractivity contribution in [1.82, 2.24) is 5.32 Å². The van der Waals surface area contributed by atoms with Crippen molar-refractivity contribution in [2.45, 2.75) is 18.9 Å². The molecule has 0 aromatic heterocycles. The summed E-state index contributed by atoms with van der Waals surface area (Å²) < 4.78 is 0. The van der Waals surface area contributed by atoms with Gasteiger partial charge in [-0.25, -0.2) is 0 Å². The second kappa shape index (κ2) is 7.24. The molecule has 4 heteroatoms. The second-order valence-electron chi connectivity index (χ2n) is 4.77. The van der Waals surface area contributed by atoms with E-state index < -0.39 is 11.9 Å². The lowest BCUT2D eigenvalue weighted by atomic mass is 9.95. The van der Waals surface area contributed by atoms with Gasteiger partial charge >= 0.3 is 5.97 Å². The molecule has 0 spiro atoms. The van der Waals surface area contributed by atoms with Crippen LogP contribution < -0.4 is 5.32 Å². The van der Waals surface area contributed by atoms with Crippen LogP contribution in [0.15, 0.2) is 60.7 Å².